The van der Waals surface area contributed by atoms with Crippen molar-refractivity contribution in [2.24, 2.45) is 0 Å². The molecular weight excluding hydrogens is 402 g/mol. The molecule has 0 unspecified atom stereocenters. The summed E-state index contributed by atoms with van der Waals surface area (Å²) < 4.78 is 1.93. The molecule has 168 valence electrons. The molecule has 0 aliphatic carbocycles. The van der Waals surface area contributed by atoms with Gasteiger partial charge in [0.2, 0.25) is 0 Å². The number of benzene rings is 1. The molecule has 3 aromatic rings. The summed E-state index contributed by atoms with van der Waals surface area (Å²) in [5, 5.41) is 13.7. The van der Waals surface area contributed by atoms with Crippen LogP contribution in [0.15, 0.2) is 48.8 Å². The van der Waals surface area contributed by atoms with Crippen LogP contribution in [0.3, 0.4) is 0 Å². The number of aromatic nitrogens is 2. The first-order valence-electron chi connectivity index (χ1n) is 11.7. The molecule has 2 aromatic heterocycles. The van der Waals surface area contributed by atoms with Gasteiger partial charge in [0.25, 0.3) is 0 Å². The molecule has 7 heteroatoms. The minimum absolute atomic E-state index is 0.524. The van der Waals surface area contributed by atoms with Crippen molar-refractivity contribution in [1.82, 2.24) is 19.4 Å². The van der Waals surface area contributed by atoms with Crippen molar-refractivity contribution < 1.29 is 9.90 Å². The molecule has 2 fully saturated rings. The van der Waals surface area contributed by atoms with Crippen LogP contribution in [0.5, 0.6) is 0 Å². The molecule has 0 radical (unpaired) electrons. The highest BCUT2D eigenvalue weighted by atomic mass is 16.4. The number of piperazine rings is 1. The van der Waals surface area contributed by atoms with Crippen LogP contribution in [0, 0.1) is 0 Å². The molecule has 4 heterocycles. The van der Waals surface area contributed by atoms with E-state index in [4.69, 9.17) is 0 Å². The quantitative estimate of drug-likeness (QED) is 0.674. The van der Waals surface area contributed by atoms with Gasteiger partial charge >= 0.3 is 6.09 Å². The van der Waals surface area contributed by atoms with Gasteiger partial charge in [0.05, 0.1) is 11.2 Å². The number of anilines is 1. The molecule has 2 aliphatic rings. The molecule has 7 nitrogen and oxygen atoms in total. The van der Waals surface area contributed by atoms with Crippen LogP contribution in [-0.2, 0) is 0 Å². The Labute approximate surface area is 188 Å². The summed E-state index contributed by atoms with van der Waals surface area (Å²) in [5.41, 5.74) is 5.97. The molecule has 1 N–H and O–H groups in total. The van der Waals surface area contributed by atoms with Crippen molar-refractivity contribution in [3.05, 3.63) is 54.4 Å². The van der Waals surface area contributed by atoms with Gasteiger partial charge in [-0.25, -0.2) is 9.31 Å². The second-order valence-corrected chi connectivity index (χ2v) is 8.86. The fourth-order valence-corrected chi connectivity index (χ4v) is 5.09. The Hall–Kier alpha value is -3.06. The average molecular weight is 434 g/mol. The number of piperidine rings is 1. The maximum Gasteiger partial charge on any atom is 0.407 e. The molecule has 5 rings (SSSR count). The molecule has 0 saturated carbocycles. The number of nitrogens with zero attached hydrogens (tertiary/aromatic N) is 5. The Morgan fingerprint density at radius 2 is 1.72 bits per heavy atom. The molecule has 1 amide bonds. The van der Waals surface area contributed by atoms with Gasteiger partial charge in [0.1, 0.15) is 0 Å². The minimum Gasteiger partial charge on any atom is -0.465 e. The van der Waals surface area contributed by atoms with E-state index in [0.29, 0.717) is 32.1 Å². The van der Waals surface area contributed by atoms with Gasteiger partial charge < -0.3 is 19.8 Å². The number of carbonyl (C=O) groups is 1. The Balaban J connectivity index is 1.34. The second-order valence-electron chi connectivity index (χ2n) is 8.86. The lowest BCUT2D eigenvalue weighted by Gasteiger charge is -2.34. The first-order valence-corrected chi connectivity index (χ1v) is 11.7. The highest BCUT2D eigenvalue weighted by Gasteiger charge is 2.23. The van der Waals surface area contributed by atoms with Crippen LogP contribution >= 0.6 is 0 Å². The van der Waals surface area contributed by atoms with E-state index in [0.717, 1.165) is 23.3 Å². The minimum atomic E-state index is -0.839. The zero-order chi connectivity index (χ0) is 22.1. The van der Waals surface area contributed by atoms with Crippen LogP contribution < -0.4 is 4.90 Å². The van der Waals surface area contributed by atoms with E-state index < -0.39 is 6.09 Å². The predicted octanol–water partition coefficient (Wildman–Crippen LogP) is 4.00. The fraction of sp³-hybridized carbons (Fsp3) is 0.440. The van der Waals surface area contributed by atoms with E-state index in [2.05, 4.69) is 58.4 Å². The highest BCUT2D eigenvalue weighted by Crippen LogP contribution is 2.32. The lowest BCUT2D eigenvalue weighted by molar-refractivity contribution is 0.142. The third-order valence-corrected chi connectivity index (χ3v) is 7.13. The number of amides is 1. The van der Waals surface area contributed by atoms with Crippen LogP contribution in [0.25, 0.3) is 16.6 Å². The summed E-state index contributed by atoms with van der Waals surface area (Å²) in [6, 6.07) is 13.3. The van der Waals surface area contributed by atoms with E-state index >= 15 is 0 Å². The smallest absolute Gasteiger partial charge is 0.407 e. The number of likely N-dealkylation sites (tertiary alicyclic amines) is 1. The van der Waals surface area contributed by atoms with Crippen molar-refractivity contribution in [3.8, 4) is 11.1 Å². The summed E-state index contributed by atoms with van der Waals surface area (Å²) in [5.74, 6) is 0.665. The first-order chi connectivity index (χ1) is 15.6. The molecule has 1 aromatic carbocycles. The molecule has 0 spiro atoms. The third-order valence-electron chi connectivity index (χ3n) is 7.13. The highest BCUT2D eigenvalue weighted by molar-refractivity contribution is 5.80. The maximum absolute atomic E-state index is 11.2. The summed E-state index contributed by atoms with van der Waals surface area (Å²) in [7, 11) is 0. The Morgan fingerprint density at radius 1 is 1.00 bits per heavy atom. The number of rotatable bonds is 4. The molecule has 0 atom stereocenters. The normalized spacial score (nSPS) is 18.4. The molecular formula is C25H31N5O2. The lowest BCUT2D eigenvalue weighted by atomic mass is 9.88. The Morgan fingerprint density at radius 3 is 2.38 bits per heavy atom. The molecule has 2 saturated heterocycles. The standard InChI is InChI=1S/C25H31N5O2/c1-2-27-11-8-21(9-12-27)19-3-5-20(6-4-19)22-17-24-23(7-10-26-30(24)18-22)28-13-15-29(16-14-28)25(31)32/h3-7,10,17-18,21H,2,8-9,11-16H2,1H3,(H,31,32). The third kappa shape index (κ3) is 4.05. The predicted molar refractivity (Wildman–Crippen MR) is 127 cm³/mol. The number of hydrogen-bond acceptors (Lipinski definition) is 4. The zero-order valence-electron chi connectivity index (χ0n) is 18.7. The largest absolute Gasteiger partial charge is 0.465 e. The first kappa shape index (κ1) is 20.8. The number of hydrogen-bond donors (Lipinski definition) is 1. The van der Waals surface area contributed by atoms with Crippen LogP contribution in [0.1, 0.15) is 31.2 Å². The Kier molecular flexibility index (Phi) is 5.74. The summed E-state index contributed by atoms with van der Waals surface area (Å²) >= 11 is 0. The molecule has 0 bridgehead atoms. The number of fused-ring (bicyclic) bond motifs is 1. The van der Waals surface area contributed by atoms with E-state index in [1.54, 1.807) is 0 Å². The lowest BCUT2D eigenvalue weighted by Crippen LogP contribution is -2.48. The fourth-order valence-electron chi connectivity index (χ4n) is 5.09. The maximum atomic E-state index is 11.2. The monoisotopic (exact) mass is 433 g/mol. The van der Waals surface area contributed by atoms with Crippen LogP contribution in [-0.4, -0.2) is 76.4 Å². The average Bonchev–Trinajstić information content (AvgIpc) is 3.29. The molecule has 32 heavy (non-hydrogen) atoms. The van der Waals surface area contributed by atoms with Crippen molar-refractivity contribution >= 4 is 17.3 Å². The van der Waals surface area contributed by atoms with E-state index in [9.17, 15) is 9.90 Å². The van der Waals surface area contributed by atoms with Gasteiger partial charge in [0.15, 0.2) is 0 Å². The topological polar surface area (TPSA) is 64.3 Å². The van der Waals surface area contributed by atoms with Crippen molar-refractivity contribution in [2.75, 3.05) is 50.7 Å². The zero-order valence-corrected chi connectivity index (χ0v) is 18.7. The van der Waals surface area contributed by atoms with E-state index in [-0.39, 0.29) is 0 Å². The number of carboxylic acid groups (broad SMARTS) is 1. The van der Waals surface area contributed by atoms with Crippen molar-refractivity contribution in [3.63, 3.8) is 0 Å². The SMILES string of the molecule is CCN1CCC(c2ccc(-c3cc4c(N5CCN(C(=O)O)CC5)ccnn4c3)cc2)CC1. The summed E-state index contributed by atoms with van der Waals surface area (Å²) in [6.45, 7) is 8.22. The molecule has 2 aliphatic heterocycles. The van der Waals surface area contributed by atoms with Gasteiger partial charge in [-0.15, -0.1) is 0 Å². The van der Waals surface area contributed by atoms with Gasteiger partial charge in [-0.3, -0.25) is 0 Å². The van der Waals surface area contributed by atoms with Crippen molar-refractivity contribution in [1.29, 1.82) is 0 Å². The summed E-state index contributed by atoms with van der Waals surface area (Å²) in [4.78, 5) is 17.5. The van der Waals surface area contributed by atoms with E-state index in [1.807, 2.05) is 16.8 Å². The second kappa shape index (κ2) is 8.82. The van der Waals surface area contributed by atoms with E-state index in [1.165, 1.54) is 42.0 Å². The van der Waals surface area contributed by atoms with Gasteiger partial charge in [-0.2, -0.15) is 5.10 Å². The van der Waals surface area contributed by atoms with Crippen LogP contribution in [0.2, 0.25) is 0 Å². The van der Waals surface area contributed by atoms with Gasteiger partial charge in [-0.05, 0) is 61.7 Å². The van der Waals surface area contributed by atoms with Crippen molar-refractivity contribution in [2.45, 2.75) is 25.7 Å². The summed E-state index contributed by atoms with van der Waals surface area (Å²) in [6.07, 6.45) is 5.55. The van der Waals surface area contributed by atoms with Gasteiger partial charge in [0, 0.05) is 44.1 Å². The van der Waals surface area contributed by atoms with Crippen LogP contribution in [0.4, 0.5) is 10.5 Å². The van der Waals surface area contributed by atoms with Gasteiger partial charge in [-0.1, -0.05) is 31.2 Å². The Bertz CT molecular complexity index is 1080.